The van der Waals surface area contributed by atoms with Crippen molar-refractivity contribution < 1.29 is 14.5 Å². The first-order chi connectivity index (χ1) is 15.0. The fraction of sp³-hybridized carbons (Fsp3) is 0.409. The molecule has 2 atom stereocenters. The van der Waals surface area contributed by atoms with Gasteiger partial charge >= 0.3 is 7.12 Å². The fourth-order valence-electron chi connectivity index (χ4n) is 4.64. The summed E-state index contributed by atoms with van der Waals surface area (Å²) in [5, 5.41) is 27.5. The summed E-state index contributed by atoms with van der Waals surface area (Å²) in [6, 6.07) is 7.83. The van der Waals surface area contributed by atoms with Gasteiger partial charge < -0.3 is 20.7 Å². The van der Waals surface area contributed by atoms with Gasteiger partial charge in [-0.05, 0) is 61.3 Å². The van der Waals surface area contributed by atoms with E-state index in [9.17, 15) is 15.1 Å². The first-order valence-corrected chi connectivity index (χ1v) is 10.7. The number of allylic oxidation sites excluding steroid dienone is 2. The largest absolute Gasteiger partial charge is 0.556 e. The van der Waals surface area contributed by atoms with Crippen molar-refractivity contribution in [2.24, 2.45) is 11.7 Å². The van der Waals surface area contributed by atoms with E-state index < -0.39 is 13.0 Å². The predicted molar refractivity (Wildman–Crippen MR) is 119 cm³/mol. The number of anilines is 2. The molecule has 2 heterocycles. The molecule has 160 valence electrons. The first kappa shape index (κ1) is 21.0. The van der Waals surface area contributed by atoms with Crippen LogP contribution in [0.3, 0.4) is 0 Å². The van der Waals surface area contributed by atoms with Crippen molar-refractivity contribution in [2.45, 2.75) is 52.0 Å². The van der Waals surface area contributed by atoms with Crippen molar-refractivity contribution in [3.8, 4) is 11.8 Å². The summed E-state index contributed by atoms with van der Waals surface area (Å²) in [6.07, 6.45) is 5.73. The number of nitrogens with zero attached hydrogens (tertiary/aromatic N) is 3. The number of rotatable bonds is 6. The molecule has 1 fully saturated rings. The van der Waals surface area contributed by atoms with E-state index in [-0.39, 0.29) is 17.5 Å². The molecule has 1 amide bonds. The maximum absolute atomic E-state index is 12.0. The van der Waals surface area contributed by atoms with Gasteiger partial charge in [0.15, 0.2) is 5.82 Å². The number of carbonyl (C=O) groups is 1. The van der Waals surface area contributed by atoms with Crippen LogP contribution in [0.25, 0.3) is 5.57 Å². The highest BCUT2D eigenvalue weighted by Crippen LogP contribution is 2.40. The van der Waals surface area contributed by atoms with Gasteiger partial charge in [0.05, 0.1) is 18.0 Å². The van der Waals surface area contributed by atoms with Crippen molar-refractivity contribution in [2.75, 3.05) is 5.32 Å². The lowest BCUT2D eigenvalue weighted by Gasteiger charge is -2.25. The molecule has 0 bridgehead atoms. The quantitative estimate of drug-likeness (QED) is 0.615. The van der Waals surface area contributed by atoms with E-state index in [1.807, 2.05) is 26.0 Å². The lowest BCUT2D eigenvalue weighted by Crippen LogP contribution is -2.29. The molecule has 0 radical (unpaired) electrons. The van der Waals surface area contributed by atoms with Gasteiger partial charge in [0.2, 0.25) is 0 Å². The van der Waals surface area contributed by atoms with Crippen molar-refractivity contribution >= 4 is 30.1 Å². The topological polar surface area (TPSA) is 126 Å². The van der Waals surface area contributed by atoms with Crippen LogP contribution in [0, 0.1) is 17.2 Å². The van der Waals surface area contributed by atoms with E-state index in [4.69, 9.17) is 10.4 Å². The van der Waals surface area contributed by atoms with Crippen LogP contribution >= 0.6 is 0 Å². The number of nitrogens with two attached hydrogens (primary N) is 1. The fourth-order valence-corrected chi connectivity index (χ4v) is 4.64. The van der Waals surface area contributed by atoms with Gasteiger partial charge in [-0.1, -0.05) is 13.8 Å². The molecular weight excluding hydrogens is 393 g/mol. The summed E-state index contributed by atoms with van der Waals surface area (Å²) in [6.45, 7) is 4.04. The second kappa shape index (κ2) is 8.48. The molecule has 0 saturated heterocycles. The average molecular weight is 419 g/mol. The Morgan fingerprint density at radius 2 is 2.23 bits per heavy atom. The van der Waals surface area contributed by atoms with E-state index >= 15 is 0 Å². The third kappa shape index (κ3) is 3.79. The smallest absolute Gasteiger partial charge is 0.532 e. The number of carbonyl (C=O) groups excluding carboxylic acids is 1. The molecule has 31 heavy (non-hydrogen) atoms. The number of primary amides is 1. The van der Waals surface area contributed by atoms with Crippen molar-refractivity contribution in [3.05, 3.63) is 41.0 Å². The second-order valence-electron chi connectivity index (χ2n) is 7.99. The molecule has 4 rings (SSSR count). The SMILES string of the molecule is CCC1=C(CC)c2cc(Nc3nn([C@H]4CCCC4C#N)cc3C(N)=O)ccc2OB1O. The summed E-state index contributed by atoms with van der Waals surface area (Å²) in [5.74, 6) is 0.290. The van der Waals surface area contributed by atoms with Crippen molar-refractivity contribution in [3.63, 3.8) is 0 Å². The molecule has 1 aliphatic carbocycles. The molecule has 8 nitrogen and oxygen atoms in total. The Morgan fingerprint density at radius 3 is 2.90 bits per heavy atom. The molecule has 2 aromatic rings. The number of hydrogen-bond donors (Lipinski definition) is 3. The van der Waals surface area contributed by atoms with E-state index in [1.54, 1.807) is 16.9 Å². The molecular formula is C22H26BN5O3. The Bertz CT molecular complexity index is 1090. The Labute approximate surface area is 181 Å². The summed E-state index contributed by atoms with van der Waals surface area (Å²) < 4.78 is 7.38. The first-order valence-electron chi connectivity index (χ1n) is 10.7. The molecule has 1 aliphatic heterocycles. The van der Waals surface area contributed by atoms with E-state index in [2.05, 4.69) is 16.5 Å². The number of amides is 1. The molecule has 1 saturated carbocycles. The molecule has 4 N–H and O–H groups in total. The predicted octanol–water partition coefficient (Wildman–Crippen LogP) is 3.58. The minimum absolute atomic E-state index is 0.0567. The monoisotopic (exact) mass is 419 g/mol. The average Bonchev–Trinajstić information content (AvgIpc) is 3.39. The normalized spacial score (nSPS) is 20.3. The van der Waals surface area contributed by atoms with Crippen LogP contribution in [0.2, 0.25) is 0 Å². The molecule has 2 aliphatic rings. The van der Waals surface area contributed by atoms with Gasteiger partial charge in [0.1, 0.15) is 11.3 Å². The summed E-state index contributed by atoms with van der Waals surface area (Å²) in [4.78, 5) is 12.0. The molecule has 1 unspecified atom stereocenters. The molecule has 1 aromatic heterocycles. The van der Waals surface area contributed by atoms with Gasteiger partial charge in [-0.2, -0.15) is 10.4 Å². The zero-order chi connectivity index (χ0) is 22.1. The molecule has 9 heteroatoms. The molecule has 1 aromatic carbocycles. The van der Waals surface area contributed by atoms with Crippen molar-refractivity contribution in [1.82, 2.24) is 9.78 Å². The van der Waals surface area contributed by atoms with E-state index in [1.165, 1.54) is 0 Å². The Hall–Kier alpha value is -3.25. The van der Waals surface area contributed by atoms with E-state index in [0.29, 0.717) is 18.0 Å². The van der Waals surface area contributed by atoms with Crippen LogP contribution in [0.5, 0.6) is 5.75 Å². The van der Waals surface area contributed by atoms with Gasteiger partial charge in [-0.15, -0.1) is 0 Å². The van der Waals surface area contributed by atoms with E-state index in [0.717, 1.165) is 48.0 Å². The number of benzene rings is 1. The number of nitriles is 1. The highest BCUT2D eigenvalue weighted by Gasteiger charge is 2.32. The Morgan fingerprint density at radius 1 is 1.42 bits per heavy atom. The highest BCUT2D eigenvalue weighted by atomic mass is 16.5. The highest BCUT2D eigenvalue weighted by molar-refractivity contribution is 6.55. The molecule has 0 spiro atoms. The number of fused-ring (bicyclic) bond motifs is 1. The summed E-state index contributed by atoms with van der Waals surface area (Å²) >= 11 is 0. The zero-order valence-electron chi connectivity index (χ0n) is 17.8. The lowest BCUT2D eigenvalue weighted by molar-refractivity contribution is 0.100. The third-order valence-corrected chi connectivity index (χ3v) is 6.21. The second-order valence-corrected chi connectivity index (χ2v) is 7.99. The standard InChI is InChI=1S/C22H26BN5O3/c1-3-15-16-10-14(8-9-20(16)31-23(30)18(15)4-2)26-22-17(21(25)29)12-28(27-22)19-7-5-6-13(19)11-24/h8-10,12-13,19,30H,3-7H2,1-2H3,(H2,25,29)(H,26,27)/t13?,19-/m0/s1. The van der Waals surface area contributed by atoms with Crippen LogP contribution < -0.4 is 15.7 Å². The van der Waals surface area contributed by atoms with Crippen LogP contribution in [0.15, 0.2) is 29.9 Å². The van der Waals surface area contributed by atoms with Crippen LogP contribution in [-0.2, 0) is 0 Å². The number of nitrogens with one attached hydrogen (secondary N) is 1. The van der Waals surface area contributed by atoms with Crippen LogP contribution in [-0.4, -0.2) is 27.8 Å². The lowest BCUT2D eigenvalue weighted by atomic mass is 9.70. The number of hydrogen-bond acceptors (Lipinski definition) is 6. The zero-order valence-corrected chi connectivity index (χ0v) is 17.8. The summed E-state index contributed by atoms with van der Waals surface area (Å²) in [7, 11) is -0.928. The van der Waals surface area contributed by atoms with Gasteiger partial charge in [-0.25, -0.2) is 0 Å². The minimum atomic E-state index is -0.928. The van der Waals surface area contributed by atoms with Gasteiger partial charge in [-0.3, -0.25) is 9.48 Å². The van der Waals surface area contributed by atoms with Gasteiger partial charge in [0, 0.05) is 17.4 Å². The number of aromatic nitrogens is 2. The Balaban J connectivity index is 1.69. The minimum Gasteiger partial charge on any atom is -0.532 e. The van der Waals surface area contributed by atoms with Gasteiger partial charge in [0.25, 0.3) is 5.91 Å². The van der Waals surface area contributed by atoms with Crippen molar-refractivity contribution in [1.29, 1.82) is 5.26 Å². The summed E-state index contributed by atoms with van der Waals surface area (Å²) in [5.41, 5.74) is 9.46. The Kier molecular flexibility index (Phi) is 5.74. The maximum atomic E-state index is 12.0. The van der Waals surface area contributed by atoms with Crippen LogP contribution in [0.1, 0.15) is 67.9 Å². The van der Waals surface area contributed by atoms with Crippen LogP contribution in [0.4, 0.5) is 11.5 Å². The maximum Gasteiger partial charge on any atom is 0.556 e. The third-order valence-electron chi connectivity index (χ3n) is 6.21.